The molecule has 0 unspecified atom stereocenters. The highest BCUT2D eigenvalue weighted by Gasteiger charge is 2.18. The van der Waals surface area contributed by atoms with Crippen molar-refractivity contribution in [1.82, 2.24) is 4.72 Å². The summed E-state index contributed by atoms with van der Waals surface area (Å²) >= 11 is 0.984. The maximum atomic E-state index is 12.0. The van der Waals surface area contributed by atoms with Gasteiger partial charge in [0.2, 0.25) is 5.91 Å². The Kier molecular flexibility index (Phi) is 12.6. The first-order valence-corrected chi connectivity index (χ1v) is 12.0. The Balaban J connectivity index is 3.05. The van der Waals surface area contributed by atoms with Crippen LogP contribution < -0.4 is 4.72 Å². The minimum Gasteiger partial charge on any atom is -0.508 e. The second kappa shape index (κ2) is 14.6. The molecule has 0 saturated heterocycles. The van der Waals surface area contributed by atoms with Crippen LogP contribution in [0.2, 0.25) is 0 Å². The minimum absolute atomic E-state index is 0.0339. The molecule has 1 amide bonds. The molecule has 178 valence electrons. The third-order valence-electron chi connectivity index (χ3n) is 5.04. The number of nitrogens with one attached hydrogen (secondary N) is 1. The van der Waals surface area contributed by atoms with Gasteiger partial charge in [-0.05, 0) is 76.5 Å². The molecule has 0 radical (unpaired) electrons. The van der Waals surface area contributed by atoms with Gasteiger partial charge >= 0.3 is 5.97 Å². The number of allylic oxidation sites excluding steroid dienone is 4. The number of hydrogen-bond acceptors (Lipinski definition) is 5. The number of carboxylic acids is 1. The quantitative estimate of drug-likeness (QED) is 0.152. The summed E-state index contributed by atoms with van der Waals surface area (Å²) < 4.78 is 2.63. The highest BCUT2D eigenvalue weighted by molar-refractivity contribution is 7.98. The Morgan fingerprint density at radius 2 is 1.78 bits per heavy atom. The summed E-state index contributed by atoms with van der Waals surface area (Å²) in [5.74, 6) is -1.44. The molecular formula is C25H37NO5S. The lowest BCUT2D eigenvalue weighted by Crippen LogP contribution is -2.17. The van der Waals surface area contributed by atoms with Crippen LogP contribution in [-0.4, -0.2) is 27.2 Å². The fourth-order valence-corrected chi connectivity index (χ4v) is 3.97. The Morgan fingerprint density at radius 3 is 2.41 bits per heavy atom. The van der Waals surface area contributed by atoms with Crippen molar-refractivity contribution in [2.24, 2.45) is 0 Å². The van der Waals surface area contributed by atoms with Crippen LogP contribution in [0, 0.1) is 0 Å². The molecule has 0 atom stereocenters. The molecule has 7 heteroatoms. The molecular weight excluding hydrogens is 426 g/mol. The van der Waals surface area contributed by atoms with Crippen molar-refractivity contribution in [3.8, 4) is 11.5 Å². The lowest BCUT2D eigenvalue weighted by Gasteiger charge is -2.16. The van der Waals surface area contributed by atoms with Crippen LogP contribution in [0.1, 0.15) is 83.8 Å². The summed E-state index contributed by atoms with van der Waals surface area (Å²) in [4.78, 5) is 23.2. The number of rotatable bonds is 14. The summed E-state index contributed by atoms with van der Waals surface area (Å²) in [5.41, 5.74) is 3.64. The highest BCUT2D eigenvalue weighted by Crippen LogP contribution is 2.40. The average molecular weight is 464 g/mol. The number of phenolic OH excluding ortho intramolecular Hbond substituents is 2. The second-order valence-corrected chi connectivity index (χ2v) is 9.08. The van der Waals surface area contributed by atoms with Crippen molar-refractivity contribution in [3.05, 3.63) is 40.5 Å². The van der Waals surface area contributed by atoms with Gasteiger partial charge in [0, 0.05) is 12.0 Å². The van der Waals surface area contributed by atoms with Gasteiger partial charge < -0.3 is 15.3 Å². The van der Waals surface area contributed by atoms with Gasteiger partial charge in [-0.15, -0.1) is 0 Å². The third-order valence-corrected chi connectivity index (χ3v) is 6.03. The maximum absolute atomic E-state index is 12.0. The van der Waals surface area contributed by atoms with Crippen LogP contribution in [0.3, 0.4) is 0 Å². The van der Waals surface area contributed by atoms with E-state index < -0.39 is 11.9 Å². The zero-order valence-electron chi connectivity index (χ0n) is 19.7. The second-order valence-electron chi connectivity index (χ2n) is 8.26. The van der Waals surface area contributed by atoms with Crippen molar-refractivity contribution in [2.45, 2.75) is 90.4 Å². The van der Waals surface area contributed by atoms with E-state index in [2.05, 4.69) is 31.6 Å². The first-order valence-electron chi connectivity index (χ1n) is 11.2. The molecule has 4 N–H and O–H groups in total. The summed E-state index contributed by atoms with van der Waals surface area (Å²) in [6.07, 6.45) is 9.67. The van der Waals surface area contributed by atoms with Crippen molar-refractivity contribution >= 4 is 23.8 Å². The molecule has 6 nitrogen and oxygen atoms in total. The topological polar surface area (TPSA) is 107 Å². The molecule has 0 spiro atoms. The van der Waals surface area contributed by atoms with E-state index in [1.165, 1.54) is 11.1 Å². The molecule has 0 fully saturated rings. The molecule has 0 aliphatic rings. The van der Waals surface area contributed by atoms with E-state index in [4.69, 9.17) is 5.11 Å². The average Bonchev–Trinajstić information content (AvgIpc) is 2.71. The Bertz CT molecular complexity index is 841. The maximum Gasteiger partial charge on any atom is 0.303 e. The van der Waals surface area contributed by atoms with E-state index in [0.29, 0.717) is 23.3 Å². The van der Waals surface area contributed by atoms with Gasteiger partial charge in [-0.25, -0.2) is 0 Å². The van der Waals surface area contributed by atoms with Gasteiger partial charge in [-0.2, -0.15) is 0 Å². The number of carboxylic acid groups (broad SMARTS) is 1. The summed E-state index contributed by atoms with van der Waals surface area (Å²) in [7, 11) is 0. The number of amides is 1. The Morgan fingerprint density at radius 1 is 1.06 bits per heavy atom. The highest BCUT2D eigenvalue weighted by atomic mass is 32.2. The van der Waals surface area contributed by atoms with Crippen LogP contribution in [0.4, 0.5) is 0 Å². The zero-order chi connectivity index (χ0) is 24.1. The number of carbonyl (C=O) groups excluding carboxylic acids is 1. The molecule has 1 aromatic carbocycles. The van der Waals surface area contributed by atoms with Crippen LogP contribution >= 0.6 is 11.9 Å². The minimum atomic E-state index is -1.04. The molecule has 1 rings (SSSR count). The molecule has 32 heavy (non-hydrogen) atoms. The molecule has 0 bridgehead atoms. The summed E-state index contributed by atoms with van der Waals surface area (Å²) in [6.45, 7) is 8.26. The first kappa shape index (κ1) is 27.6. The van der Waals surface area contributed by atoms with E-state index in [1.807, 2.05) is 13.0 Å². The molecule has 0 saturated carbocycles. The number of aliphatic carboxylic acids is 1. The summed E-state index contributed by atoms with van der Waals surface area (Å²) in [6, 6.07) is 1.67. The zero-order valence-corrected chi connectivity index (χ0v) is 20.5. The lowest BCUT2D eigenvalue weighted by molar-refractivity contribution is -0.138. The van der Waals surface area contributed by atoms with Crippen molar-refractivity contribution in [2.75, 3.05) is 0 Å². The van der Waals surface area contributed by atoms with Gasteiger partial charge in [-0.1, -0.05) is 43.1 Å². The van der Waals surface area contributed by atoms with E-state index in [9.17, 15) is 19.8 Å². The molecule has 0 aliphatic carbocycles. The SMILES string of the molecule is CCCCCc1cc(O)c(C/C=C(\C)CCC=C(C)C)c(O)c1SNC(=O)CCC(=O)O. The van der Waals surface area contributed by atoms with Crippen molar-refractivity contribution < 1.29 is 24.9 Å². The molecule has 0 heterocycles. The predicted octanol–water partition coefficient (Wildman–Crippen LogP) is 6.05. The van der Waals surface area contributed by atoms with Crippen molar-refractivity contribution in [1.29, 1.82) is 0 Å². The normalized spacial score (nSPS) is 11.3. The Labute approximate surface area is 196 Å². The third kappa shape index (κ3) is 10.3. The number of benzene rings is 1. The number of unbranched alkanes of at least 4 members (excludes halogenated alkanes) is 2. The van der Waals surface area contributed by atoms with Crippen LogP contribution in [0.5, 0.6) is 11.5 Å². The molecule has 0 aliphatic heterocycles. The Hall–Kier alpha value is -2.41. The van der Waals surface area contributed by atoms with Gasteiger partial charge in [0.05, 0.1) is 11.3 Å². The van der Waals surface area contributed by atoms with E-state index in [-0.39, 0.29) is 24.3 Å². The number of phenols is 2. The monoisotopic (exact) mass is 463 g/mol. The fourth-order valence-electron chi connectivity index (χ4n) is 3.14. The van der Waals surface area contributed by atoms with Crippen LogP contribution in [-0.2, 0) is 22.4 Å². The fraction of sp³-hybridized carbons (Fsp3) is 0.520. The van der Waals surface area contributed by atoms with Gasteiger partial charge in [0.15, 0.2) is 0 Å². The van der Waals surface area contributed by atoms with Gasteiger partial charge in [-0.3, -0.25) is 14.3 Å². The predicted molar refractivity (Wildman–Crippen MR) is 130 cm³/mol. The van der Waals surface area contributed by atoms with Crippen LogP contribution in [0.25, 0.3) is 0 Å². The first-order chi connectivity index (χ1) is 15.1. The van der Waals surface area contributed by atoms with E-state index in [1.54, 1.807) is 6.07 Å². The van der Waals surface area contributed by atoms with E-state index >= 15 is 0 Å². The van der Waals surface area contributed by atoms with Crippen LogP contribution in [0.15, 0.2) is 34.3 Å². The van der Waals surface area contributed by atoms with Gasteiger partial charge in [0.25, 0.3) is 0 Å². The smallest absolute Gasteiger partial charge is 0.303 e. The van der Waals surface area contributed by atoms with Crippen molar-refractivity contribution in [3.63, 3.8) is 0 Å². The standard InChI is InChI=1S/C25H37NO5S/c1-5-6-7-11-19-16-21(27)20(13-12-18(4)10-8-9-17(2)3)24(31)25(19)32-26-22(28)14-15-23(29)30/h9,12,16,27,31H,5-8,10-11,13-15H2,1-4H3,(H,26,28)(H,29,30)/b18-12+. The van der Waals surface area contributed by atoms with E-state index in [0.717, 1.165) is 49.6 Å². The largest absolute Gasteiger partial charge is 0.508 e. The number of aromatic hydroxyl groups is 2. The van der Waals surface area contributed by atoms with Gasteiger partial charge in [0.1, 0.15) is 11.5 Å². The molecule has 0 aromatic heterocycles. The lowest BCUT2D eigenvalue weighted by atomic mass is 10.00. The number of hydrogen-bond donors (Lipinski definition) is 4. The number of aryl methyl sites for hydroxylation is 1. The number of carbonyl (C=O) groups is 2. The molecule has 1 aromatic rings. The summed E-state index contributed by atoms with van der Waals surface area (Å²) in [5, 5.41) is 30.3.